The summed E-state index contributed by atoms with van der Waals surface area (Å²) >= 11 is 0. The largest absolute Gasteiger partial charge is 0.358 e. The Balaban J connectivity index is 1.67. The Morgan fingerprint density at radius 1 is 1.15 bits per heavy atom. The number of aromatic nitrogens is 2. The van der Waals surface area contributed by atoms with E-state index in [1.54, 1.807) is 18.1 Å². The topological polar surface area (TPSA) is 78.4 Å². The van der Waals surface area contributed by atoms with E-state index in [1.165, 1.54) is 11.8 Å². The van der Waals surface area contributed by atoms with Crippen molar-refractivity contribution in [1.29, 1.82) is 0 Å². The Labute approximate surface area is 159 Å². The van der Waals surface area contributed by atoms with Gasteiger partial charge >= 0.3 is 0 Å². The van der Waals surface area contributed by atoms with Gasteiger partial charge in [0.25, 0.3) is 5.91 Å². The van der Waals surface area contributed by atoms with Gasteiger partial charge in [-0.3, -0.25) is 19.5 Å². The average molecular weight is 367 g/mol. The summed E-state index contributed by atoms with van der Waals surface area (Å²) in [6, 6.07) is 9.84. The predicted octanol–water partition coefficient (Wildman–Crippen LogP) is 0.900. The van der Waals surface area contributed by atoms with E-state index in [9.17, 15) is 9.59 Å². The van der Waals surface area contributed by atoms with Crippen LogP contribution in [0.25, 0.3) is 0 Å². The Morgan fingerprint density at radius 2 is 1.93 bits per heavy atom. The molecule has 1 aromatic carbocycles. The lowest BCUT2D eigenvalue weighted by Crippen LogP contribution is -2.60. The highest BCUT2D eigenvalue weighted by molar-refractivity contribution is 5.93. The smallest absolute Gasteiger partial charge is 0.274 e. The van der Waals surface area contributed by atoms with E-state index in [-0.39, 0.29) is 17.9 Å². The first-order valence-electron chi connectivity index (χ1n) is 9.16. The molecule has 2 aromatic rings. The molecule has 1 fully saturated rings. The predicted molar refractivity (Wildman–Crippen MR) is 102 cm³/mol. The quantitative estimate of drug-likeness (QED) is 0.850. The maximum Gasteiger partial charge on any atom is 0.274 e. The van der Waals surface area contributed by atoms with Crippen molar-refractivity contribution >= 4 is 11.8 Å². The van der Waals surface area contributed by atoms with Crippen LogP contribution in [0.1, 0.15) is 21.7 Å². The first kappa shape index (κ1) is 19.0. The third kappa shape index (κ3) is 4.68. The van der Waals surface area contributed by atoms with Crippen LogP contribution in [0.15, 0.2) is 42.7 Å². The van der Waals surface area contributed by atoms with E-state index in [1.807, 2.05) is 25.1 Å². The molecule has 0 spiro atoms. The fourth-order valence-corrected chi connectivity index (χ4v) is 3.27. The van der Waals surface area contributed by atoms with Crippen molar-refractivity contribution in [2.45, 2.75) is 19.4 Å². The molecule has 0 aliphatic carbocycles. The molecule has 1 saturated heterocycles. The highest BCUT2D eigenvalue weighted by atomic mass is 16.2. The van der Waals surface area contributed by atoms with Gasteiger partial charge in [0.1, 0.15) is 11.7 Å². The van der Waals surface area contributed by atoms with Crippen LogP contribution in [-0.4, -0.2) is 70.9 Å². The Kier molecular flexibility index (Phi) is 6.13. The molecule has 1 aromatic heterocycles. The summed E-state index contributed by atoms with van der Waals surface area (Å²) in [5.41, 5.74) is 2.32. The van der Waals surface area contributed by atoms with Crippen LogP contribution >= 0.6 is 0 Å². The van der Waals surface area contributed by atoms with Gasteiger partial charge in [-0.05, 0) is 18.9 Å². The average Bonchev–Trinajstić information content (AvgIpc) is 2.72. The van der Waals surface area contributed by atoms with Crippen LogP contribution in [0, 0.1) is 6.92 Å². The molecule has 7 heteroatoms. The van der Waals surface area contributed by atoms with Crippen LogP contribution in [-0.2, 0) is 11.2 Å². The zero-order valence-corrected chi connectivity index (χ0v) is 15.8. The minimum atomic E-state index is -0.366. The summed E-state index contributed by atoms with van der Waals surface area (Å²) < 4.78 is 0. The van der Waals surface area contributed by atoms with Gasteiger partial charge in [0.05, 0.1) is 11.9 Å². The van der Waals surface area contributed by atoms with E-state index in [0.717, 1.165) is 18.7 Å². The van der Waals surface area contributed by atoms with E-state index < -0.39 is 0 Å². The molecule has 0 bridgehead atoms. The molecule has 1 aliphatic heterocycles. The van der Waals surface area contributed by atoms with Gasteiger partial charge in [0.2, 0.25) is 5.91 Å². The molecule has 7 nitrogen and oxygen atoms in total. The molecular weight excluding hydrogens is 342 g/mol. The standard InChI is InChI=1S/C20H25N5O2/c1-15-12-23-17(13-22-15)20(27)25-11-10-24(18(14-25)19(26)21-2)9-8-16-6-4-3-5-7-16/h3-7,12-13,18H,8-11,14H2,1-2H3,(H,21,26). The van der Waals surface area contributed by atoms with Gasteiger partial charge in [-0.15, -0.1) is 0 Å². The lowest BCUT2D eigenvalue weighted by atomic mass is 10.1. The molecule has 1 unspecified atom stereocenters. The Hall–Kier alpha value is -2.80. The molecule has 2 heterocycles. The number of aryl methyl sites for hydroxylation is 1. The molecule has 1 aliphatic rings. The third-order valence-corrected chi connectivity index (χ3v) is 4.86. The number of hydrogen-bond donors (Lipinski definition) is 1. The number of hydrogen-bond acceptors (Lipinski definition) is 5. The van der Waals surface area contributed by atoms with Gasteiger partial charge < -0.3 is 10.2 Å². The van der Waals surface area contributed by atoms with Crippen molar-refractivity contribution in [2.24, 2.45) is 0 Å². The van der Waals surface area contributed by atoms with Crippen LogP contribution in [0.3, 0.4) is 0 Å². The van der Waals surface area contributed by atoms with Gasteiger partial charge in [-0.25, -0.2) is 4.98 Å². The number of amides is 2. The summed E-state index contributed by atoms with van der Waals surface area (Å²) in [4.78, 5) is 37.3. The van der Waals surface area contributed by atoms with Crippen molar-refractivity contribution < 1.29 is 9.59 Å². The molecule has 1 N–H and O–H groups in total. The summed E-state index contributed by atoms with van der Waals surface area (Å²) in [5.74, 6) is -0.255. The number of benzene rings is 1. The maximum absolute atomic E-state index is 12.7. The second kappa shape index (κ2) is 8.73. The monoisotopic (exact) mass is 367 g/mol. The molecule has 1 atom stereocenters. The van der Waals surface area contributed by atoms with E-state index >= 15 is 0 Å². The fraction of sp³-hybridized carbons (Fsp3) is 0.400. The van der Waals surface area contributed by atoms with Crippen LogP contribution in [0.4, 0.5) is 0 Å². The van der Waals surface area contributed by atoms with Gasteiger partial charge in [-0.1, -0.05) is 30.3 Å². The zero-order chi connectivity index (χ0) is 19.2. The maximum atomic E-state index is 12.7. The third-order valence-electron chi connectivity index (χ3n) is 4.86. The van der Waals surface area contributed by atoms with Crippen LogP contribution < -0.4 is 5.32 Å². The van der Waals surface area contributed by atoms with Crippen molar-refractivity contribution in [3.63, 3.8) is 0 Å². The van der Waals surface area contributed by atoms with Crippen molar-refractivity contribution in [3.05, 3.63) is 59.7 Å². The van der Waals surface area contributed by atoms with Crippen molar-refractivity contribution in [1.82, 2.24) is 25.1 Å². The number of rotatable bonds is 5. The first-order valence-corrected chi connectivity index (χ1v) is 9.16. The molecule has 27 heavy (non-hydrogen) atoms. The number of carbonyl (C=O) groups is 2. The normalized spacial score (nSPS) is 17.6. The number of nitrogens with zero attached hydrogens (tertiary/aromatic N) is 4. The van der Waals surface area contributed by atoms with Crippen molar-refractivity contribution in [3.8, 4) is 0 Å². The molecule has 0 radical (unpaired) electrons. The van der Waals surface area contributed by atoms with Crippen LogP contribution in [0.2, 0.25) is 0 Å². The zero-order valence-electron chi connectivity index (χ0n) is 15.8. The number of likely N-dealkylation sites (N-methyl/N-ethyl adjacent to an activating group) is 1. The van der Waals surface area contributed by atoms with E-state index in [0.29, 0.717) is 25.3 Å². The summed E-state index contributed by atoms with van der Waals surface area (Å²) in [7, 11) is 1.63. The van der Waals surface area contributed by atoms with Gasteiger partial charge in [-0.2, -0.15) is 0 Å². The molecule has 3 rings (SSSR count). The molecule has 142 valence electrons. The Bertz CT molecular complexity index is 779. The van der Waals surface area contributed by atoms with Crippen molar-refractivity contribution in [2.75, 3.05) is 33.2 Å². The second-order valence-corrected chi connectivity index (χ2v) is 6.70. The number of piperazine rings is 1. The second-order valence-electron chi connectivity index (χ2n) is 6.70. The molecule has 0 saturated carbocycles. The first-order chi connectivity index (χ1) is 13.1. The van der Waals surface area contributed by atoms with Gasteiger partial charge in [0, 0.05) is 39.4 Å². The highest BCUT2D eigenvalue weighted by Gasteiger charge is 2.34. The molecular formula is C20H25N5O2. The fourth-order valence-electron chi connectivity index (χ4n) is 3.27. The lowest BCUT2D eigenvalue weighted by Gasteiger charge is -2.40. The summed E-state index contributed by atoms with van der Waals surface area (Å²) in [5, 5.41) is 2.72. The molecule has 2 amide bonds. The van der Waals surface area contributed by atoms with E-state index in [4.69, 9.17) is 0 Å². The highest BCUT2D eigenvalue weighted by Crippen LogP contribution is 2.14. The van der Waals surface area contributed by atoms with E-state index in [2.05, 4.69) is 32.3 Å². The number of carbonyl (C=O) groups excluding carboxylic acids is 2. The minimum Gasteiger partial charge on any atom is -0.358 e. The van der Waals surface area contributed by atoms with Gasteiger partial charge in [0.15, 0.2) is 0 Å². The number of nitrogens with one attached hydrogen (secondary N) is 1. The Morgan fingerprint density at radius 3 is 2.59 bits per heavy atom. The lowest BCUT2D eigenvalue weighted by molar-refractivity contribution is -0.127. The SMILES string of the molecule is CNC(=O)C1CN(C(=O)c2cnc(C)cn2)CCN1CCc1ccccc1. The summed E-state index contributed by atoms with van der Waals surface area (Å²) in [6.07, 6.45) is 3.94. The summed E-state index contributed by atoms with van der Waals surface area (Å²) in [6.45, 7) is 4.17. The minimum absolute atomic E-state index is 0.0736. The van der Waals surface area contributed by atoms with Crippen LogP contribution in [0.5, 0.6) is 0 Å².